The largest absolute Gasteiger partial charge is 0.398 e. The molecule has 0 saturated heterocycles. The van der Waals surface area contributed by atoms with Crippen molar-refractivity contribution >= 4 is 17.2 Å². The van der Waals surface area contributed by atoms with Crippen LogP contribution < -0.4 is 11.1 Å². The molecule has 2 aromatic rings. The van der Waals surface area contributed by atoms with Crippen molar-refractivity contribution in [2.45, 2.75) is 13.5 Å². The van der Waals surface area contributed by atoms with Crippen LogP contribution in [0.5, 0.6) is 0 Å². The summed E-state index contributed by atoms with van der Waals surface area (Å²) in [6.07, 6.45) is 1.51. The van der Waals surface area contributed by atoms with Crippen molar-refractivity contribution in [3.8, 4) is 0 Å². The van der Waals surface area contributed by atoms with Crippen molar-refractivity contribution in [2.75, 3.05) is 11.1 Å². The molecule has 3 N–H and O–H groups in total. The van der Waals surface area contributed by atoms with Crippen molar-refractivity contribution in [3.05, 3.63) is 41.8 Å². The van der Waals surface area contributed by atoms with Gasteiger partial charge in [0.2, 0.25) is 0 Å². The molecule has 88 valence electrons. The predicted octanol–water partition coefficient (Wildman–Crippen LogP) is 2.07. The molecular weight excluding hydrogens is 218 g/mol. The zero-order chi connectivity index (χ0) is 12.3. The molecule has 1 aromatic carbocycles. The molecule has 0 radical (unpaired) electrons. The molecule has 0 atom stereocenters. The summed E-state index contributed by atoms with van der Waals surface area (Å²) >= 11 is 0. The van der Waals surface area contributed by atoms with Crippen LogP contribution in [0.4, 0.5) is 11.4 Å². The number of carbonyl (C=O) groups excluding carboxylic acids is 1. The Morgan fingerprint density at radius 3 is 2.94 bits per heavy atom. The van der Waals surface area contributed by atoms with Crippen LogP contribution in [-0.4, -0.2) is 10.9 Å². The first kappa shape index (κ1) is 11.2. The third kappa shape index (κ3) is 2.63. The number of nitrogens with zero attached hydrogens (tertiary/aromatic N) is 1. The number of hydrogen-bond acceptors (Lipinski definition) is 5. The molecule has 0 amide bonds. The molecule has 5 heteroatoms. The second-order valence-corrected chi connectivity index (χ2v) is 3.70. The van der Waals surface area contributed by atoms with E-state index in [9.17, 15) is 4.79 Å². The topological polar surface area (TPSA) is 81.2 Å². The Hall–Kier alpha value is -2.30. The van der Waals surface area contributed by atoms with E-state index in [1.54, 1.807) is 18.2 Å². The van der Waals surface area contributed by atoms with Gasteiger partial charge in [-0.2, -0.15) is 0 Å². The van der Waals surface area contributed by atoms with E-state index in [2.05, 4.69) is 10.5 Å². The number of Topliss-reactive ketones (excluding diaryl/α,β-unsaturated/α-hetero) is 1. The van der Waals surface area contributed by atoms with Gasteiger partial charge in [0.1, 0.15) is 12.0 Å². The van der Waals surface area contributed by atoms with Crippen LogP contribution in [0.3, 0.4) is 0 Å². The average Bonchev–Trinajstić information content (AvgIpc) is 2.80. The van der Waals surface area contributed by atoms with E-state index in [0.717, 1.165) is 11.4 Å². The third-order valence-electron chi connectivity index (χ3n) is 2.40. The SMILES string of the molecule is CC(=O)c1cc(NCc2ccon2)ccc1N. The molecule has 0 spiro atoms. The number of nitrogen functional groups attached to an aromatic ring is 1. The van der Waals surface area contributed by atoms with Gasteiger partial charge in [0.25, 0.3) is 0 Å². The third-order valence-corrected chi connectivity index (χ3v) is 2.40. The molecule has 1 aromatic heterocycles. The monoisotopic (exact) mass is 231 g/mol. The maximum absolute atomic E-state index is 11.3. The lowest BCUT2D eigenvalue weighted by molar-refractivity contribution is 0.101. The van der Waals surface area contributed by atoms with Crippen LogP contribution >= 0.6 is 0 Å². The standard InChI is InChI=1S/C12H13N3O2/c1-8(16)11-6-9(2-3-12(11)13)14-7-10-4-5-17-15-10/h2-6,14H,7,13H2,1H3. The fourth-order valence-electron chi connectivity index (χ4n) is 1.49. The summed E-state index contributed by atoms with van der Waals surface area (Å²) in [6.45, 7) is 2.03. The molecule has 17 heavy (non-hydrogen) atoms. The zero-order valence-electron chi connectivity index (χ0n) is 9.43. The van der Waals surface area contributed by atoms with Gasteiger partial charge in [-0.05, 0) is 25.1 Å². The second kappa shape index (κ2) is 4.69. The average molecular weight is 231 g/mol. The van der Waals surface area contributed by atoms with Gasteiger partial charge in [-0.1, -0.05) is 5.16 Å². The van der Waals surface area contributed by atoms with E-state index in [-0.39, 0.29) is 5.78 Å². The molecule has 0 bridgehead atoms. The van der Waals surface area contributed by atoms with Crippen LogP contribution in [0.1, 0.15) is 23.0 Å². The van der Waals surface area contributed by atoms with Gasteiger partial charge in [0, 0.05) is 23.0 Å². The van der Waals surface area contributed by atoms with E-state index < -0.39 is 0 Å². The number of ketones is 1. The number of nitrogens with one attached hydrogen (secondary N) is 1. The molecule has 0 unspecified atom stereocenters. The van der Waals surface area contributed by atoms with E-state index >= 15 is 0 Å². The Balaban J connectivity index is 2.11. The molecule has 1 heterocycles. The molecule has 0 fully saturated rings. The Morgan fingerprint density at radius 2 is 2.29 bits per heavy atom. The van der Waals surface area contributed by atoms with Crippen LogP contribution in [0.25, 0.3) is 0 Å². The van der Waals surface area contributed by atoms with Crippen molar-refractivity contribution in [1.29, 1.82) is 0 Å². The van der Waals surface area contributed by atoms with Gasteiger partial charge in [0.15, 0.2) is 5.78 Å². The van der Waals surface area contributed by atoms with Crippen LogP contribution in [0, 0.1) is 0 Å². The lowest BCUT2D eigenvalue weighted by Gasteiger charge is -2.07. The normalized spacial score (nSPS) is 10.2. The number of anilines is 2. The summed E-state index contributed by atoms with van der Waals surface area (Å²) in [7, 11) is 0. The van der Waals surface area contributed by atoms with E-state index in [4.69, 9.17) is 10.3 Å². The quantitative estimate of drug-likeness (QED) is 0.621. The highest BCUT2D eigenvalue weighted by Gasteiger charge is 2.06. The Morgan fingerprint density at radius 1 is 1.47 bits per heavy atom. The lowest BCUT2D eigenvalue weighted by Crippen LogP contribution is -2.03. The Bertz CT molecular complexity index is 521. The van der Waals surface area contributed by atoms with Gasteiger partial charge in [0.05, 0.1) is 6.54 Å². The van der Waals surface area contributed by atoms with Crippen molar-refractivity contribution in [3.63, 3.8) is 0 Å². The van der Waals surface area contributed by atoms with Crippen LogP contribution in [-0.2, 0) is 6.54 Å². The summed E-state index contributed by atoms with van der Waals surface area (Å²) < 4.78 is 4.72. The number of benzene rings is 1. The summed E-state index contributed by atoms with van der Waals surface area (Å²) in [6, 6.07) is 7.04. The number of carbonyl (C=O) groups is 1. The fraction of sp³-hybridized carbons (Fsp3) is 0.167. The number of aromatic nitrogens is 1. The first-order valence-corrected chi connectivity index (χ1v) is 5.20. The smallest absolute Gasteiger partial charge is 0.161 e. The predicted molar refractivity (Wildman–Crippen MR) is 64.7 cm³/mol. The number of hydrogen-bond donors (Lipinski definition) is 2. The highest BCUT2D eigenvalue weighted by Crippen LogP contribution is 2.18. The van der Waals surface area contributed by atoms with Gasteiger partial charge in [-0.3, -0.25) is 4.79 Å². The molecule has 2 rings (SSSR count). The van der Waals surface area contributed by atoms with E-state index in [1.807, 2.05) is 6.07 Å². The maximum Gasteiger partial charge on any atom is 0.161 e. The van der Waals surface area contributed by atoms with Crippen LogP contribution in [0.2, 0.25) is 0 Å². The summed E-state index contributed by atoms with van der Waals surface area (Å²) in [4.78, 5) is 11.3. The van der Waals surface area contributed by atoms with Crippen LogP contribution in [0.15, 0.2) is 35.1 Å². The second-order valence-electron chi connectivity index (χ2n) is 3.70. The maximum atomic E-state index is 11.3. The fourth-order valence-corrected chi connectivity index (χ4v) is 1.49. The van der Waals surface area contributed by atoms with Gasteiger partial charge in [-0.15, -0.1) is 0 Å². The molecular formula is C12H13N3O2. The first-order chi connectivity index (χ1) is 8.16. The summed E-state index contributed by atoms with van der Waals surface area (Å²) in [5, 5.41) is 6.92. The minimum absolute atomic E-state index is 0.0485. The van der Waals surface area contributed by atoms with E-state index in [1.165, 1.54) is 13.2 Å². The van der Waals surface area contributed by atoms with Gasteiger partial charge >= 0.3 is 0 Å². The minimum Gasteiger partial charge on any atom is -0.398 e. The molecule has 5 nitrogen and oxygen atoms in total. The lowest BCUT2D eigenvalue weighted by atomic mass is 10.1. The van der Waals surface area contributed by atoms with Crippen molar-refractivity contribution in [1.82, 2.24) is 5.16 Å². The molecule has 0 saturated carbocycles. The van der Waals surface area contributed by atoms with Gasteiger partial charge < -0.3 is 15.6 Å². The highest BCUT2D eigenvalue weighted by molar-refractivity contribution is 5.99. The summed E-state index contributed by atoms with van der Waals surface area (Å²) in [5.74, 6) is -0.0485. The molecule has 0 aliphatic carbocycles. The molecule has 0 aliphatic rings. The Kier molecular flexibility index (Phi) is 3.09. The number of nitrogens with two attached hydrogens (primary N) is 1. The van der Waals surface area contributed by atoms with Crippen molar-refractivity contribution < 1.29 is 9.32 Å². The first-order valence-electron chi connectivity index (χ1n) is 5.20. The Labute approximate surface area is 98.6 Å². The number of rotatable bonds is 4. The molecule has 0 aliphatic heterocycles. The summed E-state index contributed by atoms with van der Waals surface area (Å²) in [5.41, 5.74) is 8.34. The zero-order valence-corrected chi connectivity index (χ0v) is 9.43. The van der Waals surface area contributed by atoms with Gasteiger partial charge in [-0.25, -0.2) is 0 Å². The minimum atomic E-state index is -0.0485. The van der Waals surface area contributed by atoms with Crippen molar-refractivity contribution in [2.24, 2.45) is 0 Å². The van der Waals surface area contributed by atoms with E-state index in [0.29, 0.717) is 17.8 Å². The highest BCUT2D eigenvalue weighted by atomic mass is 16.5.